The van der Waals surface area contributed by atoms with Crippen molar-refractivity contribution in [3.05, 3.63) is 35.2 Å². The molecule has 118 valence electrons. The van der Waals surface area contributed by atoms with Crippen molar-refractivity contribution in [1.82, 2.24) is 5.32 Å². The van der Waals surface area contributed by atoms with Crippen LogP contribution in [-0.2, 0) is 9.59 Å². The highest BCUT2D eigenvalue weighted by Crippen LogP contribution is 2.26. The number of aliphatic carboxylic acids is 1. The molecule has 2 N–H and O–H groups in total. The third-order valence-electron chi connectivity index (χ3n) is 3.30. The fourth-order valence-corrected chi connectivity index (χ4v) is 4.09. The molecule has 6 nitrogen and oxygen atoms in total. The number of carboxylic acid groups (broad SMARTS) is 1. The Bertz CT molecular complexity index is 841. The smallest absolute Gasteiger partial charge is 0.305 e. The number of hydrogen-bond acceptors (Lipinski definition) is 6. The highest BCUT2D eigenvalue weighted by molar-refractivity contribution is 8.15. The van der Waals surface area contributed by atoms with E-state index in [0.717, 1.165) is 28.4 Å². The average Bonchev–Trinajstić information content (AvgIpc) is 3.08. The van der Waals surface area contributed by atoms with Gasteiger partial charge in [0.05, 0.1) is 12.1 Å². The van der Waals surface area contributed by atoms with Crippen molar-refractivity contribution in [3.63, 3.8) is 0 Å². The Morgan fingerprint density at radius 3 is 2.96 bits per heavy atom. The molecule has 0 aliphatic carbocycles. The van der Waals surface area contributed by atoms with Crippen LogP contribution in [0.5, 0.6) is 0 Å². The van der Waals surface area contributed by atoms with Crippen molar-refractivity contribution in [2.75, 3.05) is 0 Å². The number of fused-ring (bicyclic) bond motifs is 1. The van der Waals surface area contributed by atoms with Gasteiger partial charge in [0.1, 0.15) is 5.25 Å². The summed E-state index contributed by atoms with van der Waals surface area (Å²) in [5.74, 6) is -1.35. The van der Waals surface area contributed by atoms with Crippen molar-refractivity contribution < 1.29 is 14.7 Å². The van der Waals surface area contributed by atoms with Crippen LogP contribution in [0.15, 0.2) is 39.8 Å². The number of carboxylic acids is 1. The van der Waals surface area contributed by atoms with E-state index in [0.29, 0.717) is 5.17 Å². The molecule has 1 aliphatic heterocycles. The molecule has 1 aromatic heterocycles. The van der Waals surface area contributed by atoms with E-state index in [1.165, 1.54) is 4.70 Å². The lowest BCUT2D eigenvalue weighted by Gasteiger charge is -1.98. The van der Waals surface area contributed by atoms with E-state index in [2.05, 4.69) is 15.5 Å². The van der Waals surface area contributed by atoms with Gasteiger partial charge in [-0.2, -0.15) is 5.10 Å². The van der Waals surface area contributed by atoms with E-state index in [9.17, 15) is 9.59 Å². The quantitative estimate of drug-likeness (QED) is 0.657. The lowest BCUT2D eigenvalue weighted by molar-refractivity contribution is -0.138. The van der Waals surface area contributed by atoms with Crippen molar-refractivity contribution in [3.8, 4) is 0 Å². The van der Waals surface area contributed by atoms with E-state index >= 15 is 0 Å². The van der Waals surface area contributed by atoms with Gasteiger partial charge in [0.25, 0.3) is 0 Å². The van der Waals surface area contributed by atoms with E-state index < -0.39 is 11.2 Å². The van der Waals surface area contributed by atoms with E-state index in [-0.39, 0.29) is 12.3 Å². The Morgan fingerprint density at radius 1 is 1.39 bits per heavy atom. The van der Waals surface area contributed by atoms with E-state index in [1.807, 2.05) is 36.6 Å². The van der Waals surface area contributed by atoms with Gasteiger partial charge in [0.2, 0.25) is 5.91 Å². The number of thiophene rings is 1. The molecular formula is C15H13N3O3S2. The van der Waals surface area contributed by atoms with Crippen LogP contribution in [-0.4, -0.2) is 33.1 Å². The summed E-state index contributed by atoms with van der Waals surface area (Å²) >= 11 is 2.73. The molecule has 0 bridgehead atoms. The zero-order valence-electron chi connectivity index (χ0n) is 12.1. The molecule has 3 rings (SSSR count). The van der Waals surface area contributed by atoms with Gasteiger partial charge in [-0.1, -0.05) is 30.0 Å². The second-order valence-electron chi connectivity index (χ2n) is 4.93. The molecule has 8 heteroatoms. The summed E-state index contributed by atoms with van der Waals surface area (Å²) < 4.78 is 1.18. The molecule has 2 aromatic rings. The fraction of sp³-hybridized carbons (Fsp3) is 0.200. The maximum atomic E-state index is 11.6. The SMILES string of the molecule is C/C(=N/N=C1/NC(=O)[C@H](CC(=O)O)S1)c1csc2ccccc12. The van der Waals surface area contributed by atoms with Gasteiger partial charge in [-0.3, -0.25) is 9.59 Å². The molecule has 0 radical (unpaired) electrons. The van der Waals surface area contributed by atoms with Crippen molar-refractivity contribution >= 4 is 55.9 Å². The summed E-state index contributed by atoms with van der Waals surface area (Å²) in [5.41, 5.74) is 1.75. The third kappa shape index (κ3) is 3.43. The molecule has 0 saturated carbocycles. The number of carbonyl (C=O) groups excluding carboxylic acids is 1. The molecule has 1 fully saturated rings. The normalized spacial score (nSPS) is 20.2. The topological polar surface area (TPSA) is 91.1 Å². The highest BCUT2D eigenvalue weighted by atomic mass is 32.2. The van der Waals surface area contributed by atoms with Gasteiger partial charge in [0.15, 0.2) is 5.17 Å². The maximum Gasteiger partial charge on any atom is 0.305 e. The lowest BCUT2D eigenvalue weighted by atomic mass is 10.1. The van der Waals surface area contributed by atoms with Gasteiger partial charge < -0.3 is 10.4 Å². The molecule has 0 unspecified atom stereocenters. The van der Waals surface area contributed by atoms with Crippen molar-refractivity contribution in [2.24, 2.45) is 10.2 Å². The van der Waals surface area contributed by atoms with Crippen LogP contribution in [0.1, 0.15) is 18.9 Å². The molecule has 1 aromatic carbocycles. The van der Waals surface area contributed by atoms with Gasteiger partial charge in [-0.05, 0) is 13.0 Å². The third-order valence-corrected chi connectivity index (χ3v) is 5.33. The number of amides is 1. The summed E-state index contributed by atoms with van der Waals surface area (Å²) in [7, 11) is 0. The molecule has 1 aliphatic rings. The zero-order valence-corrected chi connectivity index (χ0v) is 13.8. The predicted molar refractivity (Wildman–Crippen MR) is 93.2 cm³/mol. The first-order valence-corrected chi connectivity index (χ1v) is 8.58. The molecule has 23 heavy (non-hydrogen) atoms. The van der Waals surface area contributed by atoms with E-state index in [1.54, 1.807) is 11.3 Å². The molecule has 2 heterocycles. The Morgan fingerprint density at radius 2 is 2.17 bits per heavy atom. The average molecular weight is 347 g/mol. The van der Waals surface area contributed by atoms with Crippen LogP contribution >= 0.6 is 23.1 Å². The summed E-state index contributed by atoms with van der Waals surface area (Å²) in [6.45, 7) is 1.86. The maximum absolute atomic E-state index is 11.6. The second kappa shape index (κ2) is 6.51. The van der Waals surface area contributed by atoms with Gasteiger partial charge >= 0.3 is 5.97 Å². The largest absolute Gasteiger partial charge is 0.481 e. The monoisotopic (exact) mass is 347 g/mol. The minimum Gasteiger partial charge on any atom is -0.481 e. The number of carbonyl (C=O) groups is 2. The Kier molecular flexibility index (Phi) is 4.44. The zero-order chi connectivity index (χ0) is 16.4. The second-order valence-corrected chi connectivity index (χ2v) is 7.03. The number of nitrogens with one attached hydrogen (secondary N) is 1. The summed E-state index contributed by atoms with van der Waals surface area (Å²) in [6.07, 6.45) is -0.229. The van der Waals surface area contributed by atoms with Gasteiger partial charge in [0, 0.05) is 21.0 Å². The lowest BCUT2D eigenvalue weighted by Crippen LogP contribution is -2.26. The highest BCUT2D eigenvalue weighted by Gasteiger charge is 2.32. The first-order chi connectivity index (χ1) is 11.0. The van der Waals surface area contributed by atoms with Crippen LogP contribution in [0.25, 0.3) is 10.1 Å². The predicted octanol–water partition coefficient (Wildman–Crippen LogP) is 2.69. The van der Waals surface area contributed by atoms with Gasteiger partial charge in [-0.25, -0.2) is 0 Å². The fourth-order valence-electron chi connectivity index (χ4n) is 2.18. The minimum atomic E-state index is -1.01. The first-order valence-electron chi connectivity index (χ1n) is 6.83. The molecule has 1 amide bonds. The van der Waals surface area contributed by atoms with Gasteiger partial charge in [-0.15, -0.1) is 16.4 Å². The Hall–Kier alpha value is -2.19. The standard InChI is InChI=1S/C15H13N3O3S2/c1-8(10-7-22-11-5-3-2-4-9(10)11)17-18-15-16-14(21)12(23-15)6-13(19)20/h2-5,7,12H,6H2,1H3,(H,19,20)(H,16,18,21)/b17-8-/t12-/m0/s1. The van der Waals surface area contributed by atoms with Crippen LogP contribution in [0.2, 0.25) is 0 Å². The number of thioether (sulfide) groups is 1. The number of benzene rings is 1. The summed E-state index contributed by atoms with van der Waals surface area (Å²) in [4.78, 5) is 22.3. The molecule has 1 atom stereocenters. The summed E-state index contributed by atoms with van der Waals surface area (Å²) in [5, 5.41) is 22.4. The van der Waals surface area contributed by atoms with Crippen LogP contribution in [0.3, 0.4) is 0 Å². The minimum absolute atomic E-state index is 0.229. The van der Waals surface area contributed by atoms with Crippen molar-refractivity contribution in [2.45, 2.75) is 18.6 Å². The molecule has 1 saturated heterocycles. The van der Waals surface area contributed by atoms with E-state index in [4.69, 9.17) is 5.11 Å². The van der Waals surface area contributed by atoms with Crippen molar-refractivity contribution in [1.29, 1.82) is 0 Å². The molecule has 0 spiro atoms. The number of amidine groups is 1. The van der Waals surface area contributed by atoms with Crippen LogP contribution in [0.4, 0.5) is 0 Å². The number of rotatable bonds is 4. The first kappa shape index (κ1) is 15.7. The van der Waals surface area contributed by atoms with Crippen LogP contribution in [0, 0.1) is 0 Å². The Labute approximate surface area is 140 Å². The summed E-state index contributed by atoms with van der Waals surface area (Å²) in [6, 6.07) is 8.04. The molecular weight excluding hydrogens is 334 g/mol. The number of nitrogens with zero attached hydrogens (tertiary/aromatic N) is 2. The number of hydrogen-bond donors (Lipinski definition) is 2. The van der Waals surface area contributed by atoms with Crippen LogP contribution < -0.4 is 5.32 Å². The Balaban J connectivity index is 1.79.